The molecule has 1 aromatic carbocycles. The predicted molar refractivity (Wildman–Crippen MR) is 104 cm³/mol. The maximum Gasteiger partial charge on any atom is 0.410 e. The number of hydrogen-bond acceptors (Lipinski definition) is 4. The van der Waals surface area contributed by atoms with E-state index in [9.17, 15) is 4.79 Å². The molecular weight excluding hydrogens is 342 g/mol. The molecule has 27 heavy (non-hydrogen) atoms. The Hall–Kier alpha value is -1.59. The van der Waals surface area contributed by atoms with Crippen molar-refractivity contribution < 1.29 is 19.0 Å². The third kappa shape index (κ3) is 5.94. The summed E-state index contributed by atoms with van der Waals surface area (Å²) in [5, 5.41) is 0. The van der Waals surface area contributed by atoms with Crippen LogP contribution < -0.4 is 0 Å². The fourth-order valence-corrected chi connectivity index (χ4v) is 4.22. The number of carbonyl (C=O) groups excluding carboxylic acids is 1. The maximum atomic E-state index is 12.5. The molecule has 5 heteroatoms. The van der Waals surface area contributed by atoms with Crippen LogP contribution in [0.4, 0.5) is 4.79 Å². The molecule has 1 saturated carbocycles. The van der Waals surface area contributed by atoms with Crippen LogP contribution in [0.5, 0.6) is 0 Å². The van der Waals surface area contributed by atoms with Crippen molar-refractivity contribution in [3.63, 3.8) is 0 Å². The van der Waals surface area contributed by atoms with Gasteiger partial charge in [0.05, 0.1) is 26.4 Å². The minimum absolute atomic E-state index is 0.0826. The van der Waals surface area contributed by atoms with Crippen LogP contribution in [0.2, 0.25) is 0 Å². The van der Waals surface area contributed by atoms with Gasteiger partial charge in [0.25, 0.3) is 0 Å². The molecule has 0 aromatic heterocycles. The normalized spacial score (nSPS) is 24.9. The van der Waals surface area contributed by atoms with Gasteiger partial charge in [-0.15, -0.1) is 0 Å². The van der Waals surface area contributed by atoms with Crippen molar-refractivity contribution in [3.05, 3.63) is 35.9 Å². The molecule has 1 amide bonds. The van der Waals surface area contributed by atoms with Crippen LogP contribution >= 0.6 is 0 Å². The Bertz CT molecular complexity index is 612. The third-order valence-corrected chi connectivity index (χ3v) is 5.35. The molecule has 3 rings (SSSR count). The second kappa shape index (κ2) is 8.61. The second-order valence-electron chi connectivity index (χ2n) is 9.06. The zero-order valence-electron chi connectivity index (χ0n) is 16.9. The summed E-state index contributed by atoms with van der Waals surface area (Å²) in [7, 11) is 0. The van der Waals surface area contributed by atoms with Gasteiger partial charge in [0, 0.05) is 18.5 Å². The molecule has 2 unspecified atom stereocenters. The molecule has 2 aliphatic rings. The fraction of sp³-hybridized carbons (Fsp3) is 0.682. The lowest BCUT2D eigenvalue weighted by Crippen LogP contribution is -2.49. The van der Waals surface area contributed by atoms with E-state index in [1.165, 1.54) is 12.0 Å². The molecule has 2 fully saturated rings. The lowest BCUT2D eigenvalue weighted by molar-refractivity contribution is -0.0319. The number of hydrogen-bond donors (Lipinski definition) is 0. The summed E-state index contributed by atoms with van der Waals surface area (Å²) < 4.78 is 17.2. The monoisotopic (exact) mass is 375 g/mol. The summed E-state index contributed by atoms with van der Waals surface area (Å²) in [5.74, 6) is 0.573. The van der Waals surface area contributed by atoms with E-state index in [0.29, 0.717) is 32.3 Å². The average molecular weight is 376 g/mol. The van der Waals surface area contributed by atoms with Gasteiger partial charge >= 0.3 is 6.09 Å². The number of nitrogens with zero attached hydrogens (tertiary/aromatic N) is 1. The van der Waals surface area contributed by atoms with Gasteiger partial charge < -0.3 is 19.1 Å². The second-order valence-corrected chi connectivity index (χ2v) is 9.06. The smallest absolute Gasteiger partial charge is 0.410 e. The largest absolute Gasteiger partial charge is 0.444 e. The van der Waals surface area contributed by atoms with Crippen LogP contribution in [0.15, 0.2) is 30.3 Å². The van der Waals surface area contributed by atoms with E-state index in [0.717, 1.165) is 25.9 Å². The number of likely N-dealkylation sites (tertiary alicyclic amines) is 1. The van der Waals surface area contributed by atoms with Crippen LogP contribution in [-0.4, -0.2) is 49.5 Å². The predicted octanol–water partition coefficient (Wildman–Crippen LogP) is 4.26. The summed E-state index contributed by atoms with van der Waals surface area (Å²) in [5.41, 5.74) is 0.807. The van der Waals surface area contributed by atoms with E-state index >= 15 is 0 Å². The number of fused-ring (bicyclic) bond motifs is 2. The quantitative estimate of drug-likeness (QED) is 0.668. The van der Waals surface area contributed by atoms with Crippen molar-refractivity contribution in [1.29, 1.82) is 0 Å². The van der Waals surface area contributed by atoms with Crippen LogP contribution in [0.3, 0.4) is 0 Å². The molecule has 0 N–H and O–H groups in total. The Morgan fingerprint density at radius 3 is 2.67 bits per heavy atom. The van der Waals surface area contributed by atoms with Crippen molar-refractivity contribution in [2.45, 2.75) is 52.2 Å². The highest BCUT2D eigenvalue weighted by Gasteiger charge is 2.47. The van der Waals surface area contributed by atoms with Crippen LogP contribution in [-0.2, 0) is 20.8 Å². The summed E-state index contributed by atoms with van der Waals surface area (Å²) >= 11 is 0. The standard InChI is InChI=1S/C22H33NO4/c1-21(2,3)27-20(24)23-14-19-9-10-22(13-19,16-23)17-26-12-11-25-15-18-7-5-4-6-8-18/h4-8,19H,9-17H2,1-3H3. The molecule has 1 aliphatic heterocycles. The molecule has 2 bridgehead atoms. The molecule has 5 nitrogen and oxygen atoms in total. The Morgan fingerprint density at radius 1 is 1.19 bits per heavy atom. The van der Waals surface area contributed by atoms with Crippen molar-refractivity contribution >= 4 is 6.09 Å². The van der Waals surface area contributed by atoms with Gasteiger partial charge in [-0.2, -0.15) is 0 Å². The molecule has 1 aliphatic carbocycles. The summed E-state index contributed by atoms with van der Waals surface area (Å²) in [6.45, 7) is 9.78. The van der Waals surface area contributed by atoms with Crippen LogP contribution in [0.25, 0.3) is 0 Å². The minimum atomic E-state index is -0.451. The number of benzene rings is 1. The minimum Gasteiger partial charge on any atom is -0.444 e. The van der Waals surface area contributed by atoms with E-state index in [4.69, 9.17) is 14.2 Å². The Balaban J connectivity index is 1.40. The highest BCUT2D eigenvalue weighted by Crippen LogP contribution is 2.46. The lowest BCUT2D eigenvalue weighted by Gasteiger charge is -2.40. The van der Waals surface area contributed by atoms with Crippen molar-refractivity contribution in [3.8, 4) is 0 Å². The van der Waals surface area contributed by atoms with E-state index in [1.54, 1.807) is 0 Å². The molecular formula is C22H33NO4. The van der Waals surface area contributed by atoms with Crippen molar-refractivity contribution in [2.24, 2.45) is 11.3 Å². The first kappa shape index (κ1) is 20.2. The molecule has 0 spiro atoms. The Kier molecular flexibility index (Phi) is 6.43. The molecule has 1 saturated heterocycles. The summed E-state index contributed by atoms with van der Waals surface area (Å²) in [6.07, 6.45) is 3.26. The number of amides is 1. The highest BCUT2D eigenvalue weighted by atomic mass is 16.6. The third-order valence-electron chi connectivity index (χ3n) is 5.35. The maximum absolute atomic E-state index is 12.5. The topological polar surface area (TPSA) is 48.0 Å². The number of ether oxygens (including phenoxy) is 3. The molecule has 150 valence electrons. The summed E-state index contributed by atoms with van der Waals surface area (Å²) in [6, 6.07) is 10.2. The van der Waals surface area contributed by atoms with E-state index in [2.05, 4.69) is 12.1 Å². The first-order valence-corrected chi connectivity index (χ1v) is 10.0. The number of piperidine rings is 1. The SMILES string of the molecule is CC(C)(C)OC(=O)N1CC2CCC(COCCOCc3ccccc3)(C2)C1. The van der Waals surface area contributed by atoms with Gasteiger partial charge in [-0.1, -0.05) is 30.3 Å². The lowest BCUT2D eigenvalue weighted by atomic mass is 9.83. The number of rotatable bonds is 7. The fourth-order valence-electron chi connectivity index (χ4n) is 4.22. The Morgan fingerprint density at radius 2 is 1.93 bits per heavy atom. The van der Waals surface area contributed by atoms with E-state index in [1.807, 2.05) is 43.9 Å². The molecule has 0 radical (unpaired) electrons. The Labute approximate surface area is 163 Å². The average Bonchev–Trinajstić information content (AvgIpc) is 2.91. The number of carbonyl (C=O) groups is 1. The molecule has 1 heterocycles. The van der Waals surface area contributed by atoms with Crippen molar-refractivity contribution in [1.82, 2.24) is 4.90 Å². The molecule has 1 aromatic rings. The van der Waals surface area contributed by atoms with Gasteiger partial charge in [0.2, 0.25) is 0 Å². The van der Waals surface area contributed by atoms with Gasteiger partial charge in [0.1, 0.15) is 5.60 Å². The highest BCUT2D eigenvalue weighted by molar-refractivity contribution is 5.68. The van der Waals surface area contributed by atoms with Gasteiger partial charge in [0.15, 0.2) is 0 Å². The van der Waals surface area contributed by atoms with Crippen LogP contribution in [0.1, 0.15) is 45.6 Å². The first-order chi connectivity index (χ1) is 12.9. The first-order valence-electron chi connectivity index (χ1n) is 10.0. The van der Waals surface area contributed by atoms with Crippen molar-refractivity contribution in [2.75, 3.05) is 32.9 Å². The van der Waals surface area contributed by atoms with Gasteiger partial charge in [-0.05, 0) is 51.5 Å². The summed E-state index contributed by atoms with van der Waals surface area (Å²) in [4.78, 5) is 14.4. The van der Waals surface area contributed by atoms with E-state index in [-0.39, 0.29) is 11.5 Å². The zero-order valence-corrected chi connectivity index (χ0v) is 16.9. The van der Waals surface area contributed by atoms with Crippen LogP contribution in [0, 0.1) is 11.3 Å². The van der Waals surface area contributed by atoms with Gasteiger partial charge in [-0.25, -0.2) is 4.79 Å². The zero-order chi connectivity index (χ0) is 19.3. The van der Waals surface area contributed by atoms with E-state index < -0.39 is 5.60 Å². The van der Waals surface area contributed by atoms with Gasteiger partial charge in [-0.3, -0.25) is 0 Å². The molecule has 2 atom stereocenters.